The van der Waals surface area contributed by atoms with Crippen LogP contribution >= 0.6 is 0 Å². The summed E-state index contributed by atoms with van der Waals surface area (Å²) in [6.07, 6.45) is 5.11. The zero-order chi connectivity index (χ0) is 20.7. The number of halogens is 2. The fourth-order valence-corrected chi connectivity index (χ4v) is 4.61. The average Bonchev–Trinajstić information content (AvgIpc) is 3.02. The zero-order valence-electron chi connectivity index (χ0n) is 17.1. The van der Waals surface area contributed by atoms with Gasteiger partial charge in [-0.1, -0.05) is 13.3 Å². The molecule has 0 aliphatic carbocycles. The lowest BCUT2D eigenvalue weighted by Gasteiger charge is -2.34. The summed E-state index contributed by atoms with van der Waals surface area (Å²) in [5.41, 5.74) is 3.28. The highest BCUT2D eigenvalue weighted by Crippen LogP contribution is 2.42. The Morgan fingerprint density at radius 2 is 2.00 bits per heavy atom. The molecule has 154 valence electrons. The van der Waals surface area contributed by atoms with E-state index in [1.165, 1.54) is 13.0 Å². The van der Waals surface area contributed by atoms with Crippen LogP contribution in [0.2, 0.25) is 0 Å². The van der Waals surface area contributed by atoms with Gasteiger partial charge < -0.3 is 9.67 Å². The van der Waals surface area contributed by atoms with Gasteiger partial charge in [-0.2, -0.15) is 0 Å². The van der Waals surface area contributed by atoms with E-state index in [9.17, 15) is 9.50 Å². The normalized spacial score (nSPS) is 18.2. The third-order valence-corrected chi connectivity index (χ3v) is 6.20. The second-order valence-electron chi connectivity index (χ2n) is 7.99. The summed E-state index contributed by atoms with van der Waals surface area (Å²) >= 11 is 0. The van der Waals surface area contributed by atoms with E-state index in [0.717, 1.165) is 42.6 Å². The van der Waals surface area contributed by atoms with Crippen molar-refractivity contribution in [1.82, 2.24) is 14.5 Å². The number of aliphatic hydroxyl groups excluding tert-OH is 1. The monoisotopic (exact) mass is 399 g/mol. The molecule has 1 aliphatic heterocycles. The molecule has 3 heterocycles. The number of aliphatic hydroxyl groups is 1. The molecule has 0 bridgehead atoms. The minimum Gasteiger partial charge on any atom is -0.387 e. The molecule has 0 saturated carbocycles. The molecule has 29 heavy (non-hydrogen) atoms. The lowest BCUT2D eigenvalue weighted by Crippen LogP contribution is -2.33. The molecule has 1 aromatic carbocycles. The molecule has 0 amide bonds. The van der Waals surface area contributed by atoms with Crippen molar-refractivity contribution < 1.29 is 13.9 Å². The van der Waals surface area contributed by atoms with Gasteiger partial charge >= 0.3 is 0 Å². The van der Waals surface area contributed by atoms with Crippen LogP contribution in [0.4, 0.5) is 8.78 Å². The van der Waals surface area contributed by atoms with Gasteiger partial charge in [0, 0.05) is 53.6 Å². The quantitative estimate of drug-likeness (QED) is 0.677. The lowest BCUT2D eigenvalue weighted by atomic mass is 9.92. The van der Waals surface area contributed by atoms with Gasteiger partial charge in [0.25, 0.3) is 0 Å². The summed E-state index contributed by atoms with van der Waals surface area (Å²) in [7, 11) is 2.06. The third kappa shape index (κ3) is 3.34. The molecular formula is C23H27F2N3O. The molecule has 0 fully saturated rings. The maximum absolute atomic E-state index is 15.3. The molecule has 0 radical (unpaired) electrons. The van der Waals surface area contributed by atoms with Crippen LogP contribution in [-0.4, -0.2) is 33.1 Å². The van der Waals surface area contributed by atoms with E-state index in [2.05, 4.69) is 23.9 Å². The molecule has 3 aromatic rings. The number of nitrogens with zero attached hydrogens (tertiary/aromatic N) is 3. The molecule has 2 unspecified atom stereocenters. The van der Waals surface area contributed by atoms with Crippen LogP contribution in [0.25, 0.3) is 10.9 Å². The molecule has 0 saturated heterocycles. The maximum Gasteiger partial charge on any atom is 0.138 e. The maximum atomic E-state index is 15.3. The van der Waals surface area contributed by atoms with E-state index in [1.54, 1.807) is 24.5 Å². The number of hydrogen-bond acceptors (Lipinski definition) is 3. The highest BCUT2D eigenvalue weighted by molar-refractivity contribution is 5.88. The van der Waals surface area contributed by atoms with Gasteiger partial charge in [0.05, 0.1) is 18.2 Å². The molecular weight excluding hydrogens is 372 g/mol. The van der Waals surface area contributed by atoms with Gasteiger partial charge in [-0.3, -0.25) is 9.88 Å². The Kier molecular flexibility index (Phi) is 5.40. The van der Waals surface area contributed by atoms with Gasteiger partial charge in [-0.05, 0) is 44.2 Å². The highest BCUT2D eigenvalue weighted by Gasteiger charge is 2.33. The van der Waals surface area contributed by atoms with E-state index in [0.29, 0.717) is 10.9 Å². The summed E-state index contributed by atoms with van der Waals surface area (Å²) in [5, 5.41) is 11.3. The predicted molar refractivity (Wildman–Crippen MR) is 110 cm³/mol. The fourth-order valence-electron chi connectivity index (χ4n) is 4.61. The van der Waals surface area contributed by atoms with Crippen LogP contribution in [0, 0.1) is 18.6 Å². The van der Waals surface area contributed by atoms with Gasteiger partial charge in [0.2, 0.25) is 0 Å². The van der Waals surface area contributed by atoms with Crippen LogP contribution in [0.3, 0.4) is 0 Å². The van der Waals surface area contributed by atoms with Crippen LogP contribution in [-0.2, 0) is 13.0 Å². The molecule has 4 nitrogen and oxygen atoms in total. The second-order valence-corrected chi connectivity index (χ2v) is 7.99. The standard InChI is InChI=1S/C23H27F2N3O/c1-4-5-17-21-18(8-11-27(17)3)28(13-20(29)15-6-9-26-10-7-15)19-12-16(24)14(2)23(25)22(19)21/h6-7,9-10,12,17,20,29H,4-5,8,11,13H2,1-3H3. The summed E-state index contributed by atoms with van der Waals surface area (Å²) in [4.78, 5) is 6.25. The number of benzene rings is 1. The number of fused-ring (bicyclic) bond motifs is 3. The Bertz CT molecular complexity index is 1030. The summed E-state index contributed by atoms with van der Waals surface area (Å²) in [6, 6.07) is 5.04. The van der Waals surface area contributed by atoms with Crippen LogP contribution in [0.1, 0.15) is 54.3 Å². The Labute approximate surface area is 169 Å². The number of rotatable bonds is 5. The number of pyridine rings is 1. The average molecular weight is 399 g/mol. The number of aromatic nitrogens is 2. The van der Waals surface area contributed by atoms with Crippen molar-refractivity contribution in [2.75, 3.05) is 13.6 Å². The Morgan fingerprint density at radius 3 is 2.69 bits per heavy atom. The van der Waals surface area contributed by atoms with Gasteiger partial charge in [0.15, 0.2) is 0 Å². The Morgan fingerprint density at radius 1 is 1.28 bits per heavy atom. The van der Waals surface area contributed by atoms with Gasteiger partial charge in [-0.15, -0.1) is 0 Å². The largest absolute Gasteiger partial charge is 0.387 e. The Hall–Kier alpha value is -2.31. The predicted octanol–water partition coefficient (Wildman–Crippen LogP) is 4.69. The number of hydrogen-bond donors (Lipinski definition) is 1. The first-order chi connectivity index (χ1) is 13.9. The van der Waals surface area contributed by atoms with Crippen molar-refractivity contribution in [3.63, 3.8) is 0 Å². The minimum atomic E-state index is -0.783. The summed E-state index contributed by atoms with van der Waals surface area (Å²) in [6.45, 7) is 4.71. The summed E-state index contributed by atoms with van der Waals surface area (Å²) < 4.78 is 31.7. The van der Waals surface area contributed by atoms with Gasteiger partial charge in [0.1, 0.15) is 11.6 Å². The van der Waals surface area contributed by atoms with Crippen molar-refractivity contribution in [3.05, 3.63) is 64.6 Å². The molecule has 0 spiro atoms. The minimum absolute atomic E-state index is 0.0515. The van der Waals surface area contributed by atoms with Crippen molar-refractivity contribution in [2.45, 2.75) is 51.8 Å². The van der Waals surface area contributed by atoms with Gasteiger partial charge in [-0.25, -0.2) is 8.78 Å². The SMILES string of the molecule is CCCC1c2c(n(CC(O)c3ccncc3)c3cc(F)c(C)c(F)c23)CCN1C. The van der Waals surface area contributed by atoms with E-state index in [-0.39, 0.29) is 18.2 Å². The first kappa shape index (κ1) is 20.0. The molecule has 6 heteroatoms. The Balaban J connectivity index is 1.93. The first-order valence-corrected chi connectivity index (χ1v) is 10.2. The first-order valence-electron chi connectivity index (χ1n) is 10.2. The van der Waals surface area contributed by atoms with Crippen molar-refractivity contribution in [3.8, 4) is 0 Å². The molecule has 1 aliphatic rings. The topological polar surface area (TPSA) is 41.3 Å². The van der Waals surface area contributed by atoms with E-state index >= 15 is 4.39 Å². The van der Waals surface area contributed by atoms with Crippen molar-refractivity contribution in [1.29, 1.82) is 0 Å². The molecule has 2 aromatic heterocycles. The zero-order valence-corrected chi connectivity index (χ0v) is 17.1. The number of likely N-dealkylation sites (N-methyl/N-ethyl adjacent to an activating group) is 1. The van der Waals surface area contributed by atoms with E-state index < -0.39 is 17.7 Å². The molecule has 1 N–H and O–H groups in total. The van der Waals surface area contributed by atoms with Crippen LogP contribution in [0.5, 0.6) is 0 Å². The third-order valence-electron chi connectivity index (χ3n) is 6.20. The molecule has 4 rings (SSSR count). The van der Waals surface area contributed by atoms with Crippen molar-refractivity contribution in [2.24, 2.45) is 0 Å². The second kappa shape index (κ2) is 7.84. The van der Waals surface area contributed by atoms with Crippen LogP contribution < -0.4 is 0 Å². The molecule has 2 atom stereocenters. The van der Waals surface area contributed by atoms with E-state index in [1.807, 2.05) is 4.57 Å². The smallest absolute Gasteiger partial charge is 0.138 e. The van der Waals surface area contributed by atoms with E-state index in [4.69, 9.17) is 0 Å². The fraction of sp³-hybridized carbons (Fsp3) is 0.435. The lowest BCUT2D eigenvalue weighted by molar-refractivity contribution is 0.154. The summed E-state index contributed by atoms with van der Waals surface area (Å²) in [5.74, 6) is -1.03. The van der Waals surface area contributed by atoms with Crippen LogP contribution in [0.15, 0.2) is 30.6 Å². The highest BCUT2D eigenvalue weighted by atomic mass is 19.1. The van der Waals surface area contributed by atoms with Crippen molar-refractivity contribution >= 4 is 10.9 Å².